The number of rotatable bonds is 14. The van der Waals surface area contributed by atoms with Gasteiger partial charge in [0.25, 0.3) is 0 Å². The van der Waals surface area contributed by atoms with E-state index < -0.39 is 11.9 Å². The number of H-pyrrole nitrogens is 2. The number of aromatic nitrogens is 10. The summed E-state index contributed by atoms with van der Waals surface area (Å²) in [5.41, 5.74) is 16.6. The number of carboxylic acids is 2. The van der Waals surface area contributed by atoms with Crippen molar-refractivity contribution in [2.24, 2.45) is 0 Å². The predicted molar refractivity (Wildman–Crippen MR) is 487 cm³/mol. The Labute approximate surface area is 757 Å². The number of benzene rings is 4. The van der Waals surface area contributed by atoms with Crippen molar-refractivity contribution in [3.8, 4) is 45.0 Å². The van der Waals surface area contributed by atoms with Crippen LogP contribution in [0.5, 0.6) is 0 Å². The van der Waals surface area contributed by atoms with Crippen LogP contribution >= 0.6 is 0 Å². The van der Waals surface area contributed by atoms with Gasteiger partial charge in [0.2, 0.25) is 0 Å². The molecule has 690 valence electrons. The van der Waals surface area contributed by atoms with Gasteiger partial charge in [-0.15, -0.1) is 0 Å². The van der Waals surface area contributed by atoms with Crippen LogP contribution in [0.25, 0.3) is 45.0 Å². The fraction of sp³-hybridized carbons (Fsp3) is 0.475. The lowest BCUT2D eigenvalue weighted by molar-refractivity contribution is -0.193. The maximum Gasteiger partial charge on any atom is 0.373 e. The number of ether oxygens (including phenoxy) is 8. The van der Waals surface area contributed by atoms with E-state index in [0.29, 0.717) is 156 Å². The van der Waals surface area contributed by atoms with Crippen molar-refractivity contribution in [3.63, 3.8) is 0 Å². The van der Waals surface area contributed by atoms with Crippen molar-refractivity contribution >= 4 is 24.2 Å². The van der Waals surface area contributed by atoms with Gasteiger partial charge >= 0.3 is 24.2 Å². The molecule has 0 radical (unpaired) electrons. The number of nitrogens with one attached hydrogen (secondary N) is 2. The van der Waals surface area contributed by atoms with Crippen molar-refractivity contribution in [1.29, 1.82) is 0 Å². The molecule has 2 aliphatic heterocycles. The average molecular weight is 1770 g/mol. The first kappa shape index (κ1) is 102. The molecule has 2 saturated carbocycles. The van der Waals surface area contributed by atoms with Crippen LogP contribution in [0.2, 0.25) is 0 Å². The second-order valence-corrected chi connectivity index (χ2v) is 31.1. The maximum atomic E-state index is 11.6. The summed E-state index contributed by atoms with van der Waals surface area (Å²) in [6.07, 6.45) is 14.8. The number of carbonyl (C=O) groups is 2. The summed E-state index contributed by atoms with van der Waals surface area (Å²) in [5.74, 6) is -1.73. The van der Waals surface area contributed by atoms with Crippen molar-refractivity contribution in [3.05, 3.63) is 239 Å². The van der Waals surface area contributed by atoms with Gasteiger partial charge in [-0.05, 0) is 140 Å². The van der Waals surface area contributed by atoms with Gasteiger partial charge in [-0.25, -0.2) is 19.6 Å². The van der Waals surface area contributed by atoms with Gasteiger partial charge in [0.15, 0.2) is 0 Å². The Bertz CT molecular complexity index is 4990. The molecule has 4 fully saturated rings. The summed E-state index contributed by atoms with van der Waals surface area (Å²) < 4.78 is 51.2. The monoisotopic (exact) mass is 1770 g/mol. The first-order valence-electron chi connectivity index (χ1n) is 44.6. The normalized spacial score (nSPS) is 20.3. The Morgan fingerprint density at radius 1 is 0.388 bits per heavy atom. The first-order valence-corrected chi connectivity index (χ1v) is 44.6. The summed E-state index contributed by atoms with van der Waals surface area (Å²) in [4.78, 5) is 83.7. The lowest BCUT2D eigenvalue weighted by atomic mass is 9.79. The van der Waals surface area contributed by atoms with Gasteiger partial charge in [0.05, 0.1) is 139 Å². The molecule has 8 unspecified atom stereocenters. The highest BCUT2D eigenvalue weighted by Crippen LogP contribution is 2.46. The number of hydrogen-bond acceptors (Lipinski definition) is 26. The molecule has 6 aromatic heterocycles. The van der Waals surface area contributed by atoms with Crippen LogP contribution in [0.15, 0.2) is 182 Å². The van der Waals surface area contributed by atoms with Gasteiger partial charge in [0.1, 0.15) is 34.2 Å². The summed E-state index contributed by atoms with van der Waals surface area (Å²) in [7, 11) is 0. The molecule has 30 nitrogen and oxygen atoms in total. The highest BCUT2D eigenvalue weighted by Gasteiger charge is 2.37. The van der Waals surface area contributed by atoms with Gasteiger partial charge in [-0.1, -0.05) is 177 Å². The molecule has 4 aromatic carbocycles. The lowest BCUT2D eigenvalue weighted by Crippen LogP contribution is -2.41. The van der Waals surface area contributed by atoms with E-state index in [-0.39, 0.29) is 86.9 Å². The van der Waals surface area contributed by atoms with E-state index in [9.17, 15) is 19.8 Å². The van der Waals surface area contributed by atoms with Crippen LogP contribution in [-0.4, -0.2) is 261 Å². The van der Waals surface area contributed by atoms with Crippen LogP contribution in [0.3, 0.4) is 0 Å². The third-order valence-electron chi connectivity index (χ3n) is 23.5. The van der Waals surface area contributed by atoms with Crippen LogP contribution in [0.4, 0.5) is 0 Å². The van der Waals surface area contributed by atoms with Crippen molar-refractivity contribution in [1.82, 2.24) is 70.4 Å². The van der Waals surface area contributed by atoms with Crippen LogP contribution < -0.4 is 0 Å². The minimum atomic E-state index is -1.03. The molecule has 129 heavy (non-hydrogen) atoms. The number of fused-ring (bicyclic) bond motifs is 12. The number of carboxylic acid groups (broad SMARTS) is 2. The third-order valence-corrected chi connectivity index (χ3v) is 23.5. The van der Waals surface area contributed by atoms with E-state index in [2.05, 4.69) is 182 Å². The lowest BCUT2D eigenvalue weighted by Gasteiger charge is -2.36. The quantitative estimate of drug-likeness (QED) is 0.0785. The Hall–Kier alpha value is -11.0. The fourth-order valence-corrected chi connectivity index (χ4v) is 17.6. The molecule has 0 spiro atoms. The number of nitrogens with zero attached hydrogens (tertiary/aromatic N) is 12. The van der Waals surface area contributed by atoms with Crippen molar-refractivity contribution in [2.75, 3.05) is 132 Å². The van der Waals surface area contributed by atoms with E-state index in [1.807, 2.05) is 64.4 Å². The van der Waals surface area contributed by atoms with Crippen LogP contribution in [0, 0.1) is 0 Å². The summed E-state index contributed by atoms with van der Waals surface area (Å²) in [6.45, 7) is 20.6. The van der Waals surface area contributed by atoms with Gasteiger partial charge in [-0.3, -0.25) is 29.6 Å². The third kappa shape index (κ3) is 29.8. The Morgan fingerprint density at radius 2 is 0.705 bits per heavy atom. The van der Waals surface area contributed by atoms with Crippen molar-refractivity contribution < 1.29 is 76.9 Å². The molecule has 4 N–H and O–H groups in total. The Morgan fingerprint density at radius 3 is 1.08 bits per heavy atom. The van der Waals surface area contributed by atoms with Crippen LogP contribution in [-0.2, 0) is 83.0 Å². The molecule has 30 heteroatoms. The van der Waals surface area contributed by atoms with E-state index in [0.717, 1.165) is 127 Å². The zero-order valence-corrected chi connectivity index (χ0v) is 73.3. The summed E-state index contributed by atoms with van der Waals surface area (Å²) in [5, 5.41) is 43.4. The summed E-state index contributed by atoms with van der Waals surface area (Å²) in [6, 6.07) is 57.1. The first-order chi connectivity index (χ1) is 62.5. The van der Waals surface area contributed by atoms with Crippen molar-refractivity contribution in [2.45, 2.75) is 175 Å². The van der Waals surface area contributed by atoms with E-state index >= 15 is 0 Å². The molecule has 6 aliphatic rings. The van der Waals surface area contributed by atoms with Crippen LogP contribution in [0.1, 0.15) is 190 Å². The number of aromatic carboxylic acids is 2. The molecule has 8 atom stereocenters. The summed E-state index contributed by atoms with van der Waals surface area (Å²) >= 11 is 0. The largest absolute Gasteiger partial charge is 0.477 e. The standard InChI is InChI=1S/C46H55N7O6.C45H53N7O6.2C2H6.2CO2.2CH4/c54-46(55)40-16-9-11-35(48-40)32-52-20-24-56-28-29-57-25-22-53(23-27-59-43-18-6-5-17-42(43)58-26-21-52)41(39-15-7-8-19-47-39)31-34-30-33-10-1-2-13-37(33)44-45(50-51-49-44)38-14-4-3-12-36(34)38;53-45(54)39-15-7-10-34(47-39)31-51-19-23-55-27-28-56-24-21-52(22-26-58-42-17-8-16-41(42)57-25-20-51)40(38-14-5-6-18-46-38)30-33-29-32-9-1-2-12-36(32)43-44(49-50-48-43)37-13-4-3-11-35(33)37;2*1-2;2*2-1-3;;/h1-4,7-16,19,34,41-43H,5-6,17-18,20-32H2,(H,54,55)(H,49,50,51);1-7,9-15,18,33,40-42H,8,16-17,19-31H2,(H,53,54)(H,48,49,50);2*1-2H3;;;2*1H4. The minimum Gasteiger partial charge on any atom is -0.477 e. The van der Waals surface area contributed by atoms with E-state index in [1.54, 1.807) is 12.1 Å². The number of aromatic amines is 2. The molecule has 8 heterocycles. The molecule has 0 bridgehead atoms. The molecule has 10 aromatic rings. The van der Waals surface area contributed by atoms with Gasteiger partial charge < -0.3 is 48.1 Å². The molecule has 4 aliphatic carbocycles. The van der Waals surface area contributed by atoms with E-state index in [1.165, 1.54) is 34.4 Å². The average Bonchev–Trinajstić information content (AvgIpc) is 1.73. The molecule has 0 amide bonds. The molecule has 2 saturated heterocycles. The zero-order chi connectivity index (χ0) is 89.2. The Balaban J connectivity index is 0.000000261. The number of carbonyl (C=O) groups excluding carboxylic acids is 4. The highest BCUT2D eigenvalue weighted by molar-refractivity contribution is 5.86. The second kappa shape index (κ2) is 55.8. The predicted octanol–water partition coefficient (Wildman–Crippen LogP) is 15.0. The SMILES string of the molecule is C.C.CC.CC.O=C(O)c1cccc(CN2CCOCCOCCN(C(CC3Cc4ccccc4-c4n[nH]nc4-c4ccccc43)c3ccccn3)CCOC3CCCC3OCC2)n1.O=C(O)c1cccc(CN2CCOCCOCCN(C(CC3Cc4ccccc4-c4n[nH]nc4-c4ccccc43)c3ccccn3)CCOC3CCCCC3OCC2)n1.O=C=O.O=C=O. The van der Waals surface area contributed by atoms with E-state index in [4.69, 9.17) is 67.0 Å². The molecular formula is C99H128N14O16. The van der Waals surface area contributed by atoms with Gasteiger partial charge in [0, 0.05) is 100 Å². The molecule has 16 rings (SSSR count). The number of pyridine rings is 4. The molecular weight excluding hydrogens is 1640 g/mol. The Kier molecular flexibility index (Phi) is 44.0. The smallest absolute Gasteiger partial charge is 0.373 e. The fourth-order valence-electron chi connectivity index (χ4n) is 17.6. The second-order valence-electron chi connectivity index (χ2n) is 31.1. The maximum absolute atomic E-state index is 11.6. The topological polar surface area (TPSA) is 364 Å². The highest BCUT2D eigenvalue weighted by atomic mass is 16.6. The minimum absolute atomic E-state index is 0. The zero-order valence-electron chi connectivity index (χ0n) is 73.3. The number of hydrogen-bond donors (Lipinski definition) is 4. The van der Waals surface area contributed by atoms with Gasteiger partial charge in [-0.2, -0.15) is 50.0 Å².